The van der Waals surface area contributed by atoms with Crippen molar-refractivity contribution in [3.8, 4) is 0 Å². The quantitative estimate of drug-likeness (QED) is 0.896. The highest BCUT2D eigenvalue weighted by molar-refractivity contribution is 7.09. The average molecular weight is 347 g/mol. The number of nitrogens with zero attached hydrogens (tertiary/aromatic N) is 2. The van der Waals surface area contributed by atoms with Gasteiger partial charge in [-0.05, 0) is 30.5 Å². The Morgan fingerprint density at radius 1 is 1.25 bits per heavy atom. The molecular weight excluding hydrogens is 326 g/mol. The van der Waals surface area contributed by atoms with Crippen LogP contribution in [-0.4, -0.2) is 53.8 Å². The van der Waals surface area contributed by atoms with E-state index in [1.165, 1.54) is 6.26 Å². The molecule has 1 fully saturated rings. The monoisotopic (exact) mass is 347 g/mol. The third kappa shape index (κ3) is 3.85. The maximum Gasteiger partial charge on any atom is 0.289 e. The van der Waals surface area contributed by atoms with Crippen LogP contribution < -0.4 is 5.32 Å². The van der Waals surface area contributed by atoms with Crippen LogP contribution >= 0.6 is 11.3 Å². The van der Waals surface area contributed by atoms with Crippen LogP contribution in [0, 0.1) is 0 Å². The summed E-state index contributed by atoms with van der Waals surface area (Å²) < 4.78 is 5.16. The van der Waals surface area contributed by atoms with Crippen LogP contribution in [0.3, 0.4) is 0 Å². The normalized spacial score (nSPS) is 16.8. The molecule has 0 aliphatic carbocycles. The van der Waals surface area contributed by atoms with Crippen LogP contribution in [0.25, 0.3) is 0 Å². The second-order valence-electron chi connectivity index (χ2n) is 5.78. The Labute approximate surface area is 145 Å². The lowest BCUT2D eigenvalue weighted by Crippen LogP contribution is -2.54. The first-order valence-electron chi connectivity index (χ1n) is 8.02. The molecule has 0 spiro atoms. The van der Waals surface area contributed by atoms with Crippen LogP contribution in [0.1, 0.15) is 22.4 Å². The zero-order valence-electron chi connectivity index (χ0n) is 13.6. The van der Waals surface area contributed by atoms with Gasteiger partial charge in [-0.2, -0.15) is 0 Å². The van der Waals surface area contributed by atoms with Crippen LogP contribution in [-0.2, 0) is 11.3 Å². The summed E-state index contributed by atoms with van der Waals surface area (Å²) in [4.78, 5) is 29.6. The van der Waals surface area contributed by atoms with Gasteiger partial charge in [-0.15, -0.1) is 11.3 Å². The van der Waals surface area contributed by atoms with E-state index in [9.17, 15) is 9.59 Å². The molecule has 3 rings (SSSR count). The van der Waals surface area contributed by atoms with Crippen molar-refractivity contribution in [3.05, 3.63) is 46.5 Å². The third-order valence-corrected chi connectivity index (χ3v) is 5.15. The molecule has 1 N–H and O–H groups in total. The molecule has 2 aromatic rings. The number of piperazine rings is 1. The summed E-state index contributed by atoms with van der Waals surface area (Å²) in [6, 6.07) is 7.17. The van der Waals surface area contributed by atoms with Gasteiger partial charge in [0.1, 0.15) is 0 Å². The van der Waals surface area contributed by atoms with Crippen LogP contribution in [0.2, 0.25) is 0 Å². The molecule has 1 aliphatic rings. The molecule has 1 unspecified atom stereocenters. The Kier molecular flexibility index (Phi) is 5.32. The largest absolute Gasteiger partial charge is 0.459 e. The second kappa shape index (κ2) is 7.63. The summed E-state index contributed by atoms with van der Waals surface area (Å²) >= 11 is 1.63. The molecule has 2 aromatic heterocycles. The molecule has 24 heavy (non-hydrogen) atoms. The Morgan fingerprint density at radius 2 is 2.04 bits per heavy atom. The van der Waals surface area contributed by atoms with Gasteiger partial charge >= 0.3 is 0 Å². The highest BCUT2D eigenvalue weighted by Crippen LogP contribution is 2.12. The van der Waals surface area contributed by atoms with Gasteiger partial charge < -0.3 is 14.6 Å². The Hall–Kier alpha value is -2.12. The molecule has 0 aromatic carbocycles. The molecule has 0 bridgehead atoms. The first-order valence-corrected chi connectivity index (χ1v) is 8.90. The molecule has 2 amide bonds. The summed E-state index contributed by atoms with van der Waals surface area (Å²) in [5.41, 5.74) is 0. The van der Waals surface area contributed by atoms with Gasteiger partial charge in [0.25, 0.3) is 5.91 Å². The molecule has 6 nitrogen and oxygen atoms in total. The fourth-order valence-corrected chi connectivity index (χ4v) is 3.41. The highest BCUT2D eigenvalue weighted by atomic mass is 32.1. The minimum atomic E-state index is -0.203. The molecule has 7 heteroatoms. The second-order valence-corrected chi connectivity index (χ2v) is 6.81. The van der Waals surface area contributed by atoms with Crippen molar-refractivity contribution in [1.29, 1.82) is 0 Å². The number of carbonyl (C=O) groups excluding carboxylic acids is 2. The number of thiophene rings is 1. The fourth-order valence-electron chi connectivity index (χ4n) is 2.77. The van der Waals surface area contributed by atoms with E-state index in [0.29, 0.717) is 38.5 Å². The van der Waals surface area contributed by atoms with Gasteiger partial charge in [0.15, 0.2) is 5.76 Å². The first kappa shape index (κ1) is 16.7. The minimum absolute atomic E-state index is 0.0224. The van der Waals surface area contributed by atoms with E-state index < -0.39 is 0 Å². The van der Waals surface area contributed by atoms with Crippen molar-refractivity contribution in [2.75, 3.05) is 26.2 Å². The Balaban J connectivity index is 1.47. The van der Waals surface area contributed by atoms with Crippen molar-refractivity contribution in [1.82, 2.24) is 15.1 Å². The summed E-state index contributed by atoms with van der Waals surface area (Å²) in [6.45, 7) is 5.04. The smallest absolute Gasteiger partial charge is 0.289 e. The summed E-state index contributed by atoms with van der Waals surface area (Å²) in [7, 11) is 0. The van der Waals surface area contributed by atoms with Crippen molar-refractivity contribution in [2.45, 2.75) is 19.5 Å². The first-order chi connectivity index (χ1) is 11.6. The van der Waals surface area contributed by atoms with E-state index in [-0.39, 0.29) is 17.9 Å². The number of hydrogen-bond acceptors (Lipinski definition) is 5. The molecule has 128 valence electrons. The SMILES string of the molecule is CC(C(=O)NCc1cccs1)N1CCN(C(=O)c2ccco2)CC1. The van der Waals surface area contributed by atoms with E-state index in [4.69, 9.17) is 4.42 Å². The van der Waals surface area contributed by atoms with Gasteiger partial charge in [0.2, 0.25) is 5.91 Å². The molecule has 0 saturated carbocycles. The van der Waals surface area contributed by atoms with Gasteiger partial charge in [-0.1, -0.05) is 6.07 Å². The van der Waals surface area contributed by atoms with Crippen molar-refractivity contribution >= 4 is 23.2 Å². The summed E-state index contributed by atoms with van der Waals surface area (Å²) in [6.07, 6.45) is 1.50. The summed E-state index contributed by atoms with van der Waals surface area (Å²) in [5, 5.41) is 4.97. The van der Waals surface area contributed by atoms with E-state index in [1.54, 1.807) is 28.4 Å². The lowest BCUT2D eigenvalue weighted by molar-refractivity contribution is -0.126. The van der Waals surface area contributed by atoms with Crippen molar-refractivity contribution < 1.29 is 14.0 Å². The minimum Gasteiger partial charge on any atom is -0.459 e. The average Bonchev–Trinajstić information content (AvgIpc) is 3.32. The number of amides is 2. The number of nitrogens with one attached hydrogen (secondary N) is 1. The fraction of sp³-hybridized carbons (Fsp3) is 0.412. The molecule has 1 saturated heterocycles. The molecular formula is C17H21N3O3S. The summed E-state index contributed by atoms with van der Waals surface area (Å²) in [5.74, 6) is 0.300. The van der Waals surface area contributed by atoms with E-state index >= 15 is 0 Å². The predicted octanol–water partition coefficient (Wildman–Crippen LogP) is 1.80. The van der Waals surface area contributed by atoms with E-state index in [0.717, 1.165) is 4.88 Å². The van der Waals surface area contributed by atoms with Gasteiger partial charge in [-0.3, -0.25) is 14.5 Å². The van der Waals surface area contributed by atoms with Crippen LogP contribution in [0.4, 0.5) is 0 Å². The van der Waals surface area contributed by atoms with Crippen LogP contribution in [0.15, 0.2) is 40.3 Å². The lowest BCUT2D eigenvalue weighted by atomic mass is 10.2. The standard InChI is InChI=1S/C17H21N3O3S/c1-13(16(21)18-12-14-4-3-11-24-14)19-6-8-20(9-7-19)17(22)15-5-2-10-23-15/h2-5,10-11,13H,6-9,12H2,1H3,(H,18,21). The number of carbonyl (C=O) groups is 2. The highest BCUT2D eigenvalue weighted by Gasteiger charge is 2.28. The lowest BCUT2D eigenvalue weighted by Gasteiger charge is -2.37. The van der Waals surface area contributed by atoms with Gasteiger partial charge in [0, 0.05) is 31.1 Å². The predicted molar refractivity (Wildman–Crippen MR) is 91.8 cm³/mol. The molecule has 0 radical (unpaired) electrons. The van der Waals surface area contributed by atoms with E-state index in [2.05, 4.69) is 10.2 Å². The van der Waals surface area contributed by atoms with Crippen molar-refractivity contribution in [2.24, 2.45) is 0 Å². The topological polar surface area (TPSA) is 65.8 Å². The number of hydrogen-bond donors (Lipinski definition) is 1. The number of furan rings is 1. The third-order valence-electron chi connectivity index (χ3n) is 4.28. The zero-order chi connectivity index (χ0) is 16.9. The molecule has 1 atom stereocenters. The van der Waals surface area contributed by atoms with Crippen molar-refractivity contribution in [3.63, 3.8) is 0 Å². The van der Waals surface area contributed by atoms with Crippen LogP contribution in [0.5, 0.6) is 0 Å². The maximum atomic E-state index is 12.3. The Bertz CT molecular complexity index is 661. The zero-order valence-corrected chi connectivity index (χ0v) is 14.4. The number of rotatable bonds is 5. The van der Waals surface area contributed by atoms with E-state index in [1.807, 2.05) is 24.4 Å². The maximum absolute atomic E-state index is 12.3. The van der Waals surface area contributed by atoms with Gasteiger partial charge in [-0.25, -0.2) is 0 Å². The Morgan fingerprint density at radius 3 is 2.67 bits per heavy atom. The molecule has 1 aliphatic heterocycles. The van der Waals surface area contributed by atoms with Gasteiger partial charge in [0.05, 0.1) is 18.8 Å². The molecule has 3 heterocycles.